The maximum absolute atomic E-state index is 5.50. The van der Waals surface area contributed by atoms with E-state index in [0.29, 0.717) is 6.61 Å². The number of nitrogens with one attached hydrogen (secondary N) is 1. The molecule has 19 heavy (non-hydrogen) atoms. The third-order valence-electron chi connectivity index (χ3n) is 3.57. The summed E-state index contributed by atoms with van der Waals surface area (Å²) in [6.07, 6.45) is 2.39. The molecule has 0 aromatic rings. The van der Waals surface area contributed by atoms with E-state index in [-0.39, 0.29) is 0 Å². The summed E-state index contributed by atoms with van der Waals surface area (Å²) in [6, 6.07) is 0. The molecule has 0 spiro atoms. The Morgan fingerprint density at radius 1 is 1.00 bits per heavy atom. The van der Waals surface area contributed by atoms with Crippen LogP contribution in [0, 0.1) is 11.8 Å². The van der Waals surface area contributed by atoms with E-state index < -0.39 is 0 Å². The molecule has 0 aromatic carbocycles. The van der Waals surface area contributed by atoms with Crippen LogP contribution in [0.1, 0.15) is 26.7 Å². The molecule has 2 unspecified atom stereocenters. The number of hydrogen-bond acceptors (Lipinski definition) is 4. The molecule has 0 aromatic heterocycles. The zero-order valence-electron chi connectivity index (χ0n) is 13.0. The van der Waals surface area contributed by atoms with Gasteiger partial charge in [-0.2, -0.15) is 0 Å². The van der Waals surface area contributed by atoms with Gasteiger partial charge in [-0.25, -0.2) is 0 Å². The van der Waals surface area contributed by atoms with E-state index >= 15 is 0 Å². The lowest BCUT2D eigenvalue weighted by atomic mass is 10.1. The molecule has 1 saturated heterocycles. The van der Waals surface area contributed by atoms with Crippen LogP contribution in [0.15, 0.2) is 0 Å². The van der Waals surface area contributed by atoms with Crippen LogP contribution in [0.2, 0.25) is 0 Å². The quantitative estimate of drug-likeness (QED) is 0.681. The highest BCUT2D eigenvalue weighted by Gasteiger charge is 2.16. The first-order chi connectivity index (χ1) is 9.22. The molecule has 4 heteroatoms. The Kier molecular flexibility index (Phi) is 9.43. The molecule has 1 N–H and O–H groups in total. The maximum Gasteiger partial charge on any atom is 0.0700 e. The van der Waals surface area contributed by atoms with E-state index in [0.717, 1.165) is 44.6 Å². The summed E-state index contributed by atoms with van der Waals surface area (Å²) in [5.74, 6) is 1.51. The molecule has 1 aliphatic heterocycles. The number of rotatable bonds is 8. The van der Waals surface area contributed by atoms with Crippen LogP contribution in [-0.2, 0) is 9.47 Å². The van der Waals surface area contributed by atoms with Gasteiger partial charge >= 0.3 is 0 Å². The molecule has 114 valence electrons. The minimum atomic E-state index is 0.703. The lowest BCUT2D eigenvalue weighted by Crippen LogP contribution is -2.42. The summed E-state index contributed by atoms with van der Waals surface area (Å²) in [4.78, 5) is 2.63. The Labute approximate surface area is 118 Å². The van der Waals surface area contributed by atoms with Gasteiger partial charge in [-0.3, -0.25) is 0 Å². The maximum atomic E-state index is 5.50. The molecular formula is C15H32N2O2. The van der Waals surface area contributed by atoms with E-state index in [2.05, 4.69) is 24.1 Å². The van der Waals surface area contributed by atoms with Crippen molar-refractivity contribution in [1.82, 2.24) is 10.2 Å². The Balaban J connectivity index is 2.08. The lowest BCUT2D eigenvalue weighted by molar-refractivity contribution is 0.0670. The second kappa shape index (κ2) is 10.6. The molecular weight excluding hydrogens is 240 g/mol. The van der Waals surface area contributed by atoms with Crippen LogP contribution < -0.4 is 5.32 Å². The Bertz CT molecular complexity index is 202. The van der Waals surface area contributed by atoms with Crippen molar-refractivity contribution in [2.45, 2.75) is 26.7 Å². The second-order valence-electron chi connectivity index (χ2n) is 5.94. The first kappa shape index (κ1) is 16.9. The number of nitrogens with zero attached hydrogens (tertiary/aromatic N) is 1. The highest BCUT2D eigenvalue weighted by Crippen LogP contribution is 2.08. The minimum absolute atomic E-state index is 0.703. The topological polar surface area (TPSA) is 33.7 Å². The van der Waals surface area contributed by atoms with Gasteiger partial charge < -0.3 is 19.7 Å². The van der Waals surface area contributed by atoms with Crippen molar-refractivity contribution in [3.8, 4) is 0 Å². The fourth-order valence-corrected chi connectivity index (χ4v) is 2.63. The number of methoxy groups -OCH3 is 1. The minimum Gasteiger partial charge on any atom is -0.382 e. The molecule has 1 aliphatic rings. The monoisotopic (exact) mass is 272 g/mol. The highest BCUT2D eigenvalue weighted by molar-refractivity contribution is 4.72. The normalized spacial score (nSPS) is 26.1. The van der Waals surface area contributed by atoms with Crippen molar-refractivity contribution in [3.05, 3.63) is 0 Å². The molecule has 2 atom stereocenters. The van der Waals surface area contributed by atoms with Crippen LogP contribution >= 0.6 is 0 Å². The summed E-state index contributed by atoms with van der Waals surface area (Å²) < 4.78 is 10.5. The van der Waals surface area contributed by atoms with Gasteiger partial charge in [-0.15, -0.1) is 0 Å². The van der Waals surface area contributed by atoms with Crippen molar-refractivity contribution in [2.75, 3.05) is 59.7 Å². The third-order valence-corrected chi connectivity index (χ3v) is 3.57. The van der Waals surface area contributed by atoms with Gasteiger partial charge in [0.05, 0.1) is 13.2 Å². The fraction of sp³-hybridized carbons (Fsp3) is 1.00. The number of ether oxygens (including phenoxy) is 2. The number of unbranched alkanes of at least 4 members (excludes halogenated alkanes) is 1. The van der Waals surface area contributed by atoms with Crippen molar-refractivity contribution < 1.29 is 9.47 Å². The van der Waals surface area contributed by atoms with Gasteiger partial charge in [0.1, 0.15) is 0 Å². The van der Waals surface area contributed by atoms with E-state index in [1.165, 1.54) is 26.1 Å². The van der Waals surface area contributed by atoms with Crippen LogP contribution in [0.4, 0.5) is 0 Å². The summed E-state index contributed by atoms with van der Waals surface area (Å²) in [5, 5.41) is 3.54. The van der Waals surface area contributed by atoms with E-state index in [1.54, 1.807) is 7.11 Å². The molecule has 1 fully saturated rings. The van der Waals surface area contributed by atoms with Gasteiger partial charge in [-0.05, 0) is 44.3 Å². The SMILES string of the molecule is COCCOCCCCN1CC(C)CNCC(C)C1. The lowest BCUT2D eigenvalue weighted by Gasteiger charge is -2.31. The Hall–Kier alpha value is -0.160. The van der Waals surface area contributed by atoms with Gasteiger partial charge in [0.2, 0.25) is 0 Å². The molecule has 1 heterocycles. The molecule has 0 radical (unpaired) electrons. The summed E-state index contributed by atoms with van der Waals surface area (Å²) in [6.45, 7) is 12.9. The van der Waals surface area contributed by atoms with Crippen LogP contribution in [0.3, 0.4) is 0 Å². The fourth-order valence-electron chi connectivity index (χ4n) is 2.63. The standard InChI is InChI=1S/C15H32N2O2/c1-14-10-16-11-15(2)13-17(12-14)6-4-5-7-19-9-8-18-3/h14-16H,4-13H2,1-3H3. The summed E-state index contributed by atoms with van der Waals surface area (Å²) >= 11 is 0. The van der Waals surface area contributed by atoms with Crippen molar-refractivity contribution in [3.63, 3.8) is 0 Å². The largest absolute Gasteiger partial charge is 0.382 e. The summed E-state index contributed by atoms with van der Waals surface area (Å²) in [7, 11) is 1.71. The molecule has 4 nitrogen and oxygen atoms in total. The van der Waals surface area contributed by atoms with Gasteiger partial charge in [-0.1, -0.05) is 13.8 Å². The zero-order valence-corrected chi connectivity index (χ0v) is 13.0. The average molecular weight is 272 g/mol. The van der Waals surface area contributed by atoms with Crippen LogP contribution in [0.25, 0.3) is 0 Å². The average Bonchev–Trinajstić information content (AvgIpc) is 2.35. The zero-order chi connectivity index (χ0) is 13.9. The van der Waals surface area contributed by atoms with Gasteiger partial charge in [0, 0.05) is 26.8 Å². The first-order valence-electron chi connectivity index (χ1n) is 7.72. The smallest absolute Gasteiger partial charge is 0.0700 e. The Morgan fingerprint density at radius 3 is 2.32 bits per heavy atom. The van der Waals surface area contributed by atoms with E-state index in [1.807, 2.05) is 0 Å². The van der Waals surface area contributed by atoms with Crippen LogP contribution in [-0.4, -0.2) is 64.6 Å². The molecule has 0 aliphatic carbocycles. The van der Waals surface area contributed by atoms with Gasteiger partial charge in [0.15, 0.2) is 0 Å². The van der Waals surface area contributed by atoms with E-state index in [4.69, 9.17) is 9.47 Å². The molecule has 1 rings (SSSR count). The second-order valence-corrected chi connectivity index (χ2v) is 5.94. The third kappa shape index (κ3) is 8.58. The molecule has 0 bridgehead atoms. The summed E-state index contributed by atoms with van der Waals surface area (Å²) in [5.41, 5.74) is 0. The predicted molar refractivity (Wildman–Crippen MR) is 79.6 cm³/mol. The Morgan fingerprint density at radius 2 is 1.68 bits per heavy atom. The van der Waals surface area contributed by atoms with Crippen molar-refractivity contribution in [2.24, 2.45) is 11.8 Å². The highest BCUT2D eigenvalue weighted by atomic mass is 16.5. The molecule has 0 saturated carbocycles. The van der Waals surface area contributed by atoms with Gasteiger partial charge in [0.25, 0.3) is 0 Å². The molecule has 0 amide bonds. The van der Waals surface area contributed by atoms with Crippen molar-refractivity contribution in [1.29, 1.82) is 0 Å². The number of hydrogen-bond donors (Lipinski definition) is 1. The first-order valence-corrected chi connectivity index (χ1v) is 7.72. The van der Waals surface area contributed by atoms with Crippen molar-refractivity contribution >= 4 is 0 Å². The predicted octanol–water partition coefficient (Wildman–Crippen LogP) is 1.61. The van der Waals surface area contributed by atoms with E-state index in [9.17, 15) is 0 Å². The van der Waals surface area contributed by atoms with Crippen LogP contribution in [0.5, 0.6) is 0 Å².